The summed E-state index contributed by atoms with van der Waals surface area (Å²) >= 11 is 0. The lowest BCUT2D eigenvalue weighted by molar-refractivity contribution is 0.0696. The highest BCUT2D eigenvalue weighted by Crippen LogP contribution is 2.20. The molecule has 4 aromatic rings. The normalized spacial score (nSPS) is 12.4. The molecule has 154 valence electrons. The molecule has 11 heteroatoms. The van der Waals surface area contributed by atoms with Crippen LogP contribution in [0.5, 0.6) is 0 Å². The topological polar surface area (TPSA) is 149 Å². The minimum atomic E-state index is -1.27. The SMILES string of the molecule is Cc1ccc([C@@H](O)Cn2nnc(Cn3cnc4oc(C)c(C(=O)O)c4c3=O)n2)cc1. The Balaban J connectivity index is 1.56. The Morgan fingerprint density at radius 1 is 1.23 bits per heavy atom. The Hall–Kier alpha value is -3.86. The molecule has 0 fully saturated rings. The molecule has 0 saturated heterocycles. The third-order valence-electron chi connectivity index (χ3n) is 4.67. The van der Waals surface area contributed by atoms with Crippen molar-refractivity contribution in [2.24, 2.45) is 0 Å². The molecule has 0 amide bonds. The molecule has 4 rings (SSSR count). The van der Waals surface area contributed by atoms with Gasteiger partial charge in [0.25, 0.3) is 5.56 Å². The van der Waals surface area contributed by atoms with E-state index in [0.717, 1.165) is 11.1 Å². The first-order valence-electron chi connectivity index (χ1n) is 9.06. The third kappa shape index (κ3) is 3.57. The minimum Gasteiger partial charge on any atom is -0.478 e. The van der Waals surface area contributed by atoms with Gasteiger partial charge in [0.1, 0.15) is 29.1 Å². The van der Waals surface area contributed by atoms with Crippen LogP contribution < -0.4 is 5.56 Å². The summed E-state index contributed by atoms with van der Waals surface area (Å²) in [4.78, 5) is 29.5. The second-order valence-corrected chi connectivity index (χ2v) is 6.88. The lowest BCUT2D eigenvalue weighted by Crippen LogP contribution is -2.22. The molecular weight excluding hydrogens is 392 g/mol. The molecule has 1 atom stereocenters. The van der Waals surface area contributed by atoms with Crippen molar-refractivity contribution in [1.29, 1.82) is 0 Å². The van der Waals surface area contributed by atoms with Gasteiger partial charge in [0.15, 0.2) is 5.82 Å². The van der Waals surface area contributed by atoms with Crippen LogP contribution in [0.1, 0.15) is 39.2 Å². The van der Waals surface area contributed by atoms with Gasteiger partial charge in [0.05, 0.1) is 13.1 Å². The fourth-order valence-electron chi connectivity index (χ4n) is 3.13. The average Bonchev–Trinajstić information content (AvgIpc) is 3.28. The van der Waals surface area contributed by atoms with Crippen molar-refractivity contribution in [1.82, 2.24) is 29.8 Å². The molecule has 0 aliphatic heterocycles. The van der Waals surface area contributed by atoms with Gasteiger partial charge in [0.2, 0.25) is 5.71 Å². The van der Waals surface area contributed by atoms with Crippen LogP contribution in [0.2, 0.25) is 0 Å². The molecule has 0 unspecified atom stereocenters. The summed E-state index contributed by atoms with van der Waals surface area (Å²) in [5.74, 6) is -0.947. The number of fused-ring (bicyclic) bond motifs is 1. The number of carbonyl (C=O) groups is 1. The highest BCUT2D eigenvalue weighted by molar-refractivity contribution is 6.02. The quantitative estimate of drug-likeness (QED) is 0.476. The van der Waals surface area contributed by atoms with Gasteiger partial charge in [-0.1, -0.05) is 29.8 Å². The number of hydrogen-bond donors (Lipinski definition) is 2. The number of carboxylic acid groups (broad SMARTS) is 1. The first-order valence-corrected chi connectivity index (χ1v) is 9.06. The fourth-order valence-corrected chi connectivity index (χ4v) is 3.13. The van der Waals surface area contributed by atoms with Crippen LogP contribution in [-0.2, 0) is 13.1 Å². The lowest BCUT2D eigenvalue weighted by atomic mass is 10.1. The fraction of sp³-hybridized carbons (Fsp3) is 0.263. The Bertz CT molecular complexity index is 1290. The molecule has 3 heterocycles. The monoisotopic (exact) mass is 410 g/mol. The number of aryl methyl sites for hydroxylation is 2. The summed E-state index contributed by atoms with van der Waals surface area (Å²) in [6.07, 6.45) is 0.418. The summed E-state index contributed by atoms with van der Waals surface area (Å²) in [5, 5.41) is 31.6. The zero-order chi connectivity index (χ0) is 21.4. The summed E-state index contributed by atoms with van der Waals surface area (Å²) in [5.41, 5.74) is 0.979. The van der Waals surface area contributed by atoms with Gasteiger partial charge in [-0.05, 0) is 24.6 Å². The Labute approximate surface area is 169 Å². The van der Waals surface area contributed by atoms with Gasteiger partial charge in [-0.3, -0.25) is 9.36 Å². The maximum atomic E-state index is 12.7. The number of aliphatic hydroxyl groups excluding tert-OH is 1. The second kappa shape index (κ2) is 7.52. The summed E-state index contributed by atoms with van der Waals surface area (Å²) in [7, 11) is 0. The van der Waals surface area contributed by atoms with Crippen molar-refractivity contribution < 1.29 is 19.4 Å². The summed E-state index contributed by atoms with van der Waals surface area (Å²) < 4.78 is 6.44. The van der Waals surface area contributed by atoms with Gasteiger partial charge in [-0.2, -0.15) is 4.80 Å². The molecule has 0 bridgehead atoms. The van der Waals surface area contributed by atoms with Crippen LogP contribution in [0.3, 0.4) is 0 Å². The Kier molecular flexibility index (Phi) is 4.88. The van der Waals surface area contributed by atoms with Crippen LogP contribution in [0.15, 0.2) is 39.8 Å². The van der Waals surface area contributed by atoms with Crippen molar-refractivity contribution in [3.63, 3.8) is 0 Å². The molecule has 2 N–H and O–H groups in total. The maximum absolute atomic E-state index is 12.7. The largest absolute Gasteiger partial charge is 0.478 e. The number of aromatic nitrogens is 6. The Morgan fingerprint density at radius 3 is 2.67 bits per heavy atom. The molecule has 0 aliphatic rings. The van der Waals surface area contributed by atoms with E-state index >= 15 is 0 Å². The van der Waals surface area contributed by atoms with Gasteiger partial charge in [-0.25, -0.2) is 9.78 Å². The highest BCUT2D eigenvalue weighted by Gasteiger charge is 2.22. The number of aromatic carboxylic acids is 1. The third-order valence-corrected chi connectivity index (χ3v) is 4.67. The van der Waals surface area contributed by atoms with E-state index in [0.29, 0.717) is 0 Å². The standard InChI is InChI=1S/C19H18N6O5/c1-10-3-5-12(6-4-10)13(26)7-25-22-14(21-23-25)8-24-9-20-17-16(18(24)27)15(19(28)29)11(2)30-17/h3-6,9,13,26H,7-8H2,1-2H3,(H,28,29)/t13-/m0/s1. The van der Waals surface area contributed by atoms with Crippen LogP contribution >= 0.6 is 0 Å². The smallest absolute Gasteiger partial charge is 0.340 e. The molecule has 11 nitrogen and oxygen atoms in total. The van der Waals surface area contributed by atoms with E-state index in [9.17, 15) is 19.8 Å². The number of benzene rings is 1. The van der Waals surface area contributed by atoms with E-state index in [2.05, 4.69) is 20.4 Å². The van der Waals surface area contributed by atoms with E-state index < -0.39 is 17.6 Å². The molecule has 0 radical (unpaired) electrons. The van der Waals surface area contributed by atoms with E-state index in [4.69, 9.17) is 4.42 Å². The van der Waals surface area contributed by atoms with Gasteiger partial charge < -0.3 is 14.6 Å². The predicted molar refractivity (Wildman–Crippen MR) is 103 cm³/mol. The number of tetrazole rings is 1. The molecule has 3 aromatic heterocycles. The first-order chi connectivity index (χ1) is 14.3. The zero-order valence-corrected chi connectivity index (χ0v) is 16.2. The van der Waals surface area contributed by atoms with Gasteiger partial charge in [-0.15, -0.1) is 10.2 Å². The van der Waals surface area contributed by atoms with Crippen LogP contribution in [0, 0.1) is 13.8 Å². The molecule has 0 saturated carbocycles. The summed E-state index contributed by atoms with van der Waals surface area (Å²) in [6.45, 7) is 3.44. The molecule has 30 heavy (non-hydrogen) atoms. The van der Waals surface area contributed by atoms with Crippen LogP contribution in [-0.4, -0.2) is 45.9 Å². The van der Waals surface area contributed by atoms with Crippen molar-refractivity contribution >= 4 is 17.1 Å². The van der Waals surface area contributed by atoms with Crippen molar-refractivity contribution in [3.05, 3.63) is 69.2 Å². The van der Waals surface area contributed by atoms with Crippen LogP contribution in [0.25, 0.3) is 11.1 Å². The van der Waals surface area contributed by atoms with E-state index in [1.54, 1.807) is 0 Å². The van der Waals surface area contributed by atoms with E-state index in [1.807, 2.05) is 31.2 Å². The van der Waals surface area contributed by atoms with Crippen molar-refractivity contribution in [2.75, 3.05) is 0 Å². The molecule has 0 spiro atoms. The number of nitrogens with zero attached hydrogens (tertiary/aromatic N) is 6. The number of aliphatic hydroxyl groups is 1. The number of carboxylic acids is 1. The average molecular weight is 410 g/mol. The van der Waals surface area contributed by atoms with E-state index in [-0.39, 0.29) is 41.3 Å². The maximum Gasteiger partial charge on any atom is 0.340 e. The number of hydrogen-bond acceptors (Lipinski definition) is 8. The molecule has 0 aliphatic carbocycles. The van der Waals surface area contributed by atoms with Gasteiger partial charge >= 0.3 is 5.97 Å². The molecular formula is C19H18N6O5. The van der Waals surface area contributed by atoms with Crippen LogP contribution in [0.4, 0.5) is 0 Å². The van der Waals surface area contributed by atoms with E-state index in [1.165, 1.54) is 22.6 Å². The predicted octanol–water partition coefficient (Wildman–Crippen LogP) is 1.07. The zero-order valence-electron chi connectivity index (χ0n) is 16.2. The second-order valence-electron chi connectivity index (χ2n) is 6.88. The number of furan rings is 1. The summed E-state index contributed by atoms with van der Waals surface area (Å²) in [6, 6.07) is 7.45. The van der Waals surface area contributed by atoms with Crippen molar-refractivity contribution in [2.45, 2.75) is 33.0 Å². The first kappa shape index (κ1) is 19.5. The minimum absolute atomic E-state index is 0.0380. The number of rotatable bonds is 6. The highest BCUT2D eigenvalue weighted by atomic mass is 16.4. The van der Waals surface area contributed by atoms with Gasteiger partial charge in [0, 0.05) is 0 Å². The lowest BCUT2D eigenvalue weighted by Gasteiger charge is -2.09. The van der Waals surface area contributed by atoms with Crippen molar-refractivity contribution in [3.8, 4) is 0 Å². The Morgan fingerprint density at radius 2 is 1.97 bits per heavy atom. The molecule has 1 aromatic carbocycles.